The van der Waals surface area contributed by atoms with Crippen molar-refractivity contribution in [1.29, 1.82) is 0 Å². The lowest BCUT2D eigenvalue weighted by Crippen LogP contribution is -2.44. The lowest BCUT2D eigenvalue weighted by Gasteiger charge is -2.20. The normalized spacial score (nSPS) is 17.8. The standard InChI is InChI=1S/C19H26ClN5S/c1-13(2)18-23-16(12-26-18)10-22-19(21-3)24-15-7-8-25(11-15)17-6-4-5-14(20)9-17/h4-6,9,12-13,15H,7-8,10-11H2,1-3H3,(H2,21,22,24). The summed E-state index contributed by atoms with van der Waals surface area (Å²) in [6.45, 7) is 6.98. The Kier molecular flexibility index (Phi) is 6.38. The highest BCUT2D eigenvalue weighted by Crippen LogP contribution is 2.23. The minimum Gasteiger partial charge on any atom is -0.369 e. The molecule has 1 aliphatic rings. The van der Waals surface area contributed by atoms with Crippen molar-refractivity contribution in [3.8, 4) is 0 Å². The monoisotopic (exact) mass is 391 g/mol. The van der Waals surface area contributed by atoms with E-state index in [1.165, 1.54) is 10.7 Å². The van der Waals surface area contributed by atoms with E-state index in [4.69, 9.17) is 11.6 Å². The van der Waals surface area contributed by atoms with Gasteiger partial charge in [-0.1, -0.05) is 31.5 Å². The molecule has 0 aliphatic carbocycles. The topological polar surface area (TPSA) is 52.6 Å². The number of guanidine groups is 1. The highest BCUT2D eigenvalue weighted by atomic mass is 35.5. The van der Waals surface area contributed by atoms with Crippen LogP contribution in [0, 0.1) is 0 Å². The van der Waals surface area contributed by atoms with Crippen molar-refractivity contribution in [2.24, 2.45) is 4.99 Å². The van der Waals surface area contributed by atoms with Gasteiger partial charge in [-0.2, -0.15) is 0 Å². The van der Waals surface area contributed by atoms with Gasteiger partial charge in [0.2, 0.25) is 0 Å². The molecule has 1 atom stereocenters. The number of thiazole rings is 1. The first-order chi connectivity index (χ1) is 12.5. The molecule has 26 heavy (non-hydrogen) atoms. The molecule has 1 saturated heterocycles. The van der Waals surface area contributed by atoms with Crippen LogP contribution in [0.4, 0.5) is 5.69 Å². The van der Waals surface area contributed by atoms with Crippen LogP contribution in [0.15, 0.2) is 34.6 Å². The Bertz CT molecular complexity index is 758. The summed E-state index contributed by atoms with van der Waals surface area (Å²) in [5.41, 5.74) is 2.24. The van der Waals surface area contributed by atoms with Crippen molar-refractivity contribution in [1.82, 2.24) is 15.6 Å². The summed E-state index contributed by atoms with van der Waals surface area (Å²) in [4.78, 5) is 11.4. The molecule has 0 amide bonds. The molecule has 0 spiro atoms. The average Bonchev–Trinajstić information content (AvgIpc) is 3.28. The van der Waals surface area contributed by atoms with E-state index in [9.17, 15) is 0 Å². The van der Waals surface area contributed by atoms with Gasteiger partial charge in [-0.25, -0.2) is 4.98 Å². The van der Waals surface area contributed by atoms with E-state index in [1.54, 1.807) is 18.4 Å². The fourth-order valence-corrected chi connectivity index (χ4v) is 4.04. The fraction of sp³-hybridized carbons (Fsp3) is 0.474. The smallest absolute Gasteiger partial charge is 0.191 e. The molecular formula is C19H26ClN5S. The summed E-state index contributed by atoms with van der Waals surface area (Å²) in [6, 6.07) is 8.40. The Morgan fingerprint density at radius 1 is 1.46 bits per heavy atom. The molecule has 2 N–H and O–H groups in total. The van der Waals surface area contributed by atoms with E-state index in [0.717, 1.165) is 36.2 Å². The molecular weight excluding hydrogens is 366 g/mol. The van der Waals surface area contributed by atoms with Gasteiger partial charge in [0.25, 0.3) is 0 Å². The lowest BCUT2D eigenvalue weighted by molar-refractivity contribution is 0.647. The summed E-state index contributed by atoms with van der Waals surface area (Å²) >= 11 is 7.83. The van der Waals surface area contributed by atoms with Gasteiger partial charge in [0, 0.05) is 48.2 Å². The third-order valence-corrected chi connectivity index (χ3v) is 5.86. The number of hydrogen-bond acceptors (Lipinski definition) is 4. The van der Waals surface area contributed by atoms with Gasteiger partial charge in [-0.15, -0.1) is 11.3 Å². The van der Waals surface area contributed by atoms with E-state index in [2.05, 4.69) is 50.8 Å². The Morgan fingerprint density at radius 3 is 3.00 bits per heavy atom. The van der Waals surface area contributed by atoms with E-state index in [1.807, 2.05) is 18.2 Å². The zero-order valence-corrected chi connectivity index (χ0v) is 17.1. The second-order valence-electron chi connectivity index (χ2n) is 6.81. The van der Waals surface area contributed by atoms with Crippen LogP contribution in [0.5, 0.6) is 0 Å². The molecule has 3 rings (SSSR count). The molecule has 140 valence electrons. The minimum absolute atomic E-state index is 0.363. The maximum absolute atomic E-state index is 6.11. The number of nitrogens with zero attached hydrogens (tertiary/aromatic N) is 3. The largest absolute Gasteiger partial charge is 0.369 e. The number of hydrogen-bond donors (Lipinski definition) is 2. The Morgan fingerprint density at radius 2 is 2.31 bits per heavy atom. The number of nitrogens with one attached hydrogen (secondary N) is 2. The number of aliphatic imine (C=N–C) groups is 1. The van der Waals surface area contributed by atoms with Crippen molar-refractivity contribution in [2.45, 2.75) is 38.8 Å². The zero-order valence-electron chi connectivity index (χ0n) is 15.5. The molecule has 1 aliphatic heterocycles. The number of halogens is 1. The summed E-state index contributed by atoms with van der Waals surface area (Å²) in [5, 5.41) is 11.0. The van der Waals surface area contributed by atoms with Gasteiger partial charge in [0.05, 0.1) is 17.2 Å². The lowest BCUT2D eigenvalue weighted by atomic mass is 10.2. The Labute approximate surface area is 164 Å². The van der Waals surface area contributed by atoms with Crippen molar-refractivity contribution in [3.63, 3.8) is 0 Å². The zero-order chi connectivity index (χ0) is 18.5. The predicted octanol–water partition coefficient (Wildman–Crippen LogP) is 3.86. The molecule has 2 heterocycles. The number of benzene rings is 1. The van der Waals surface area contributed by atoms with Crippen molar-refractivity contribution in [3.05, 3.63) is 45.4 Å². The van der Waals surface area contributed by atoms with Gasteiger partial charge >= 0.3 is 0 Å². The number of anilines is 1. The van der Waals surface area contributed by atoms with Gasteiger partial charge < -0.3 is 15.5 Å². The van der Waals surface area contributed by atoms with E-state index in [-0.39, 0.29) is 0 Å². The molecule has 1 unspecified atom stereocenters. The van der Waals surface area contributed by atoms with Crippen LogP contribution in [0.25, 0.3) is 0 Å². The summed E-state index contributed by atoms with van der Waals surface area (Å²) in [6.07, 6.45) is 1.07. The second kappa shape index (κ2) is 8.73. The SMILES string of the molecule is CN=C(NCc1csc(C(C)C)n1)NC1CCN(c2cccc(Cl)c2)C1. The van der Waals surface area contributed by atoms with Crippen molar-refractivity contribution in [2.75, 3.05) is 25.0 Å². The van der Waals surface area contributed by atoms with Gasteiger partial charge in [0.1, 0.15) is 0 Å². The summed E-state index contributed by atoms with van der Waals surface area (Å²) < 4.78 is 0. The first kappa shape index (κ1) is 19.0. The predicted molar refractivity (Wildman–Crippen MR) is 112 cm³/mol. The molecule has 1 aromatic heterocycles. The summed E-state index contributed by atoms with van der Waals surface area (Å²) in [5.74, 6) is 1.30. The van der Waals surface area contributed by atoms with Crippen LogP contribution in [0.1, 0.15) is 36.9 Å². The van der Waals surface area contributed by atoms with Crippen LogP contribution in [-0.4, -0.2) is 37.1 Å². The highest BCUT2D eigenvalue weighted by molar-refractivity contribution is 7.09. The van der Waals surface area contributed by atoms with Crippen molar-refractivity contribution < 1.29 is 0 Å². The van der Waals surface area contributed by atoms with Crippen LogP contribution in [0.3, 0.4) is 0 Å². The van der Waals surface area contributed by atoms with E-state index >= 15 is 0 Å². The number of aromatic nitrogens is 1. The van der Waals surface area contributed by atoms with E-state index < -0.39 is 0 Å². The Hall–Kier alpha value is -1.79. The molecule has 5 nitrogen and oxygen atoms in total. The maximum atomic E-state index is 6.11. The molecule has 0 saturated carbocycles. The average molecular weight is 392 g/mol. The van der Waals surface area contributed by atoms with Crippen LogP contribution in [-0.2, 0) is 6.54 Å². The molecule has 1 fully saturated rings. The molecule has 0 bridgehead atoms. The fourth-order valence-electron chi connectivity index (χ4n) is 3.02. The first-order valence-corrected chi connectivity index (χ1v) is 10.2. The minimum atomic E-state index is 0.363. The van der Waals surface area contributed by atoms with Crippen LogP contribution < -0.4 is 15.5 Å². The summed E-state index contributed by atoms with van der Waals surface area (Å²) in [7, 11) is 1.81. The number of rotatable bonds is 5. The molecule has 0 radical (unpaired) electrons. The maximum Gasteiger partial charge on any atom is 0.191 e. The van der Waals surface area contributed by atoms with Crippen LogP contribution in [0.2, 0.25) is 5.02 Å². The third-order valence-electron chi connectivity index (χ3n) is 4.43. The molecule has 2 aromatic rings. The van der Waals surface area contributed by atoms with Crippen LogP contribution >= 0.6 is 22.9 Å². The Balaban J connectivity index is 1.51. The van der Waals surface area contributed by atoms with Gasteiger partial charge in [-0.05, 0) is 24.6 Å². The third kappa shape index (κ3) is 4.89. The van der Waals surface area contributed by atoms with Gasteiger partial charge in [0.15, 0.2) is 5.96 Å². The molecule has 1 aromatic carbocycles. The van der Waals surface area contributed by atoms with Crippen molar-refractivity contribution >= 4 is 34.6 Å². The van der Waals surface area contributed by atoms with E-state index in [0.29, 0.717) is 18.5 Å². The van der Waals surface area contributed by atoms with Gasteiger partial charge in [-0.3, -0.25) is 4.99 Å². The highest BCUT2D eigenvalue weighted by Gasteiger charge is 2.23. The first-order valence-electron chi connectivity index (χ1n) is 8.97. The second-order valence-corrected chi connectivity index (χ2v) is 8.14. The molecule has 7 heteroatoms. The quantitative estimate of drug-likeness (QED) is 0.600.